The SMILES string of the molecule is Cc1c(/C=C(\Sc2n[nH]c(-c3ccc(Cl)cc3)n2)C(=O)O)c2ccccc2n1Cc1ccccc1Cl. The number of nitrogens with zero attached hydrogens (tertiary/aromatic N) is 3. The third-order valence-electron chi connectivity index (χ3n) is 5.84. The lowest BCUT2D eigenvalue weighted by Crippen LogP contribution is -2.03. The fraction of sp³-hybridized carbons (Fsp3) is 0.0741. The molecule has 5 aromatic rings. The van der Waals surface area contributed by atoms with Crippen molar-refractivity contribution in [1.82, 2.24) is 19.7 Å². The minimum atomic E-state index is -1.06. The molecule has 0 amide bonds. The van der Waals surface area contributed by atoms with Gasteiger partial charge < -0.3 is 9.67 Å². The van der Waals surface area contributed by atoms with Crippen LogP contribution in [0.2, 0.25) is 10.0 Å². The lowest BCUT2D eigenvalue weighted by molar-refractivity contribution is -0.131. The fourth-order valence-corrected chi connectivity index (χ4v) is 5.04. The number of aliphatic carboxylic acids is 1. The lowest BCUT2D eigenvalue weighted by atomic mass is 10.1. The average Bonchev–Trinajstić information content (AvgIpc) is 3.44. The molecule has 0 aliphatic rings. The van der Waals surface area contributed by atoms with Gasteiger partial charge in [0.05, 0.1) is 0 Å². The second kappa shape index (κ2) is 10.2. The van der Waals surface area contributed by atoms with E-state index in [0.717, 1.165) is 45.0 Å². The lowest BCUT2D eigenvalue weighted by Gasteiger charge is -2.10. The monoisotopic (exact) mass is 534 g/mol. The first-order valence-electron chi connectivity index (χ1n) is 11.0. The molecule has 2 heterocycles. The normalized spacial score (nSPS) is 11.8. The predicted molar refractivity (Wildman–Crippen MR) is 146 cm³/mol. The molecule has 5 rings (SSSR count). The molecule has 0 unspecified atom stereocenters. The van der Waals surface area contributed by atoms with Crippen LogP contribution in [0.5, 0.6) is 0 Å². The van der Waals surface area contributed by atoms with E-state index < -0.39 is 5.97 Å². The highest BCUT2D eigenvalue weighted by molar-refractivity contribution is 8.04. The Morgan fingerprint density at radius 2 is 1.78 bits per heavy atom. The van der Waals surface area contributed by atoms with Crippen LogP contribution in [0.25, 0.3) is 28.4 Å². The number of carbonyl (C=O) groups is 1. The van der Waals surface area contributed by atoms with E-state index in [1.807, 2.05) is 67.6 Å². The van der Waals surface area contributed by atoms with Crippen molar-refractivity contribution in [2.45, 2.75) is 18.6 Å². The highest BCUT2D eigenvalue weighted by Gasteiger charge is 2.19. The van der Waals surface area contributed by atoms with E-state index in [-0.39, 0.29) is 4.91 Å². The van der Waals surface area contributed by atoms with Gasteiger partial charge in [0.1, 0.15) is 4.91 Å². The maximum atomic E-state index is 12.2. The van der Waals surface area contributed by atoms with Crippen LogP contribution in [0.3, 0.4) is 0 Å². The molecule has 0 saturated heterocycles. The Kier molecular flexibility index (Phi) is 6.87. The van der Waals surface area contributed by atoms with Gasteiger partial charge in [0.2, 0.25) is 5.16 Å². The van der Waals surface area contributed by atoms with Crippen molar-refractivity contribution in [3.63, 3.8) is 0 Å². The number of halogens is 2. The van der Waals surface area contributed by atoms with E-state index >= 15 is 0 Å². The fourth-order valence-electron chi connectivity index (χ4n) is 4.03. The summed E-state index contributed by atoms with van der Waals surface area (Å²) < 4.78 is 2.15. The second-order valence-electron chi connectivity index (χ2n) is 8.08. The molecule has 0 aliphatic carbocycles. The van der Waals surface area contributed by atoms with Crippen LogP contribution in [-0.4, -0.2) is 30.8 Å². The Bertz CT molecular complexity index is 1610. The number of carboxylic acid groups (broad SMARTS) is 1. The summed E-state index contributed by atoms with van der Waals surface area (Å²) in [7, 11) is 0. The maximum absolute atomic E-state index is 12.2. The van der Waals surface area contributed by atoms with Crippen molar-refractivity contribution in [3.05, 3.63) is 105 Å². The summed E-state index contributed by atoms with van der Waals surface area (Å²) in [4.78, 5) is 16.8. The van der Waals surface area contributed by atoms with Crippen LogP contribution in [0.15, 0.2) is 82.9 Å². The zero-order valence-corrected chi connectivity index (χ0v) is 21.4. The van der Waals surface area contributed by atoms with Crippen molar-refractivity contribution in [1.29, 1.82) is 0 Å². The number of hydrogen-bond donors (Lipinski definition) is 2. The Morgan fingerprint density at radius 3 is 2.53 bits per heavy atom. The van der Waals surface area contributed by atoms with Gasteiger partial charge in [0.15, 0.2) is 5.82 Å². The summed E-state index contributed by atoms with van der Waals surface area (Å²) in [5.41, 5.74) is 4.56. The maximum Gasteiger partial charge on any atom is 0.342 e. The molecule has 0 bridgehead atoms. The molecule has 9 heteroatoms. The molecule has 0 fully saturated rings. The molecule has 180 valence electrons. The topological polar surface area (TPSA) is 83.8 Å². The summed E-state index contributed by atoms with van der Waals surface area (Å²) in [6, 6.07) is 22.8. The van der Waals surface area contributed by atoms with Crippen LogP contribution in [0.4, 0.5) is 0 Å². The largest absolute Gasteiger partial charge is 0.477 e. The zero-order chi connectivity index (χ0) is 25.2. The molecular weight excluding hydrogens is 515 g/mol. The average molecular weight is 535 g/mol. The number of rotatable bonds is 7. The molecular formula is C27H20Cl2N4O2S. The summed E-state index contributed by atoms with van der Waals surface area (Å²) >= 11 is 13.4. The van der Waals surface area contributed by atoms with Gasteiger partial charge in [0, 0.05) is 44.3 Å². The minimum Gasteiger partial charge on any atom is -0.477 e. The van der Waals surface area contributed by atoms with Crippen molar-refractivity contribution in [2.24, 2.45) is 0 Å². The first-order chi connectivity index (χ1) is 17.4. The number of hydrogen-bond acceptors (Lipinski definition) is 4. The molecule has 0 aliphatic heterocycles. The quantitative estimate of drug-likeness (QED) is 0.169. The zero-order valence-electron chi connectivity index (χ0n) is 19.1. The molecule has 36 heavy (non-hydrogen) atoms. The first-order valence-corrected chi connectivity index (χ1v) is 12.6. The number of para-hydroxylation sites is 1. The molecule has 0 atom stereocenters. The van der Waals surface area contributed by atoms with E-state index in [1.165, 1.54) is 0 Å². The smallest absolute Gasteiger partial charge is 0.342 e. The van der Waals surface area contributed by atoms with Gasteiger partial charge in [-0.1, -0.05) is 59.6 Å². The third kappa shape index (κ3) is 4.91. The van der Waals surface area contributed by atoms with Gasteiger partial charge in [-0.25, -0.2) is 9.78 Å². The van der Waals surface area contributed by atoms with E-state index in [0.29, 0.717) is 27.6 Å². The van der Waals surface area contributed by atoms with E-state index in [4.69, 9.17) is 23.2 Å². The van der Waals surface area contributed by atoms with Gasteiger partial charge >= 0.3 is 5.97 Å². The molecule has 0 saturated carbocycles. The Hall–Kier alpha value is -3.52. The molecule has 2 N–H and O–H groups in total. The van der Waals surface area contributed by atoms with Crippen LogP contribution in [-0.2, 0) is 11.3 Å². The second-order valence-corrected chi connectivity index (χ2v) is 9.94. The summed E-state index contributed by atoms with van der Waals surface area (Å²) in [6.45, 7) is 2.55. The van der Waals surface area contributed by atoms with Crippen molar-refractivity contribution >= 4 is 57.9 Å². The Balaban J connectivity index is 1.52. The predicted octanol–water partition coefficient (Wildman–Crippen LogP) is 7.31. The summed E-state index contributed by atoms with van der Waals surface area (Å²) in [5, 5.41) is 19.6. The summed E-state index contributed by atoms with van der Waals surface area (Å²) in [5.74, 6) is -0.522. The van der Waals surface area contributed by atoms with Gasteiger partial charge in [-0.3, -0.25) is 5.10 Å². The van der Waals surface area contributed by atoms with Crippen molar-refractivity contribution in [3.8, 4) is 11.4 Å². The highest BCUT2D eigenvalue weighted by atomic mass is 35.5. The van der Waals surface area contributed by atoms with Crippen LogP contribution < -0.4 is 0 Å². The van der Waals surface area contributed by atoms with Crippen LogP contribution in [0.1, 0.15) is 16.8 Å². The van der Waals surface area contributed by atoms with E-state index in [2.05, 4.69) is 19.7 Å². The number of fused-ring (bicyclic) bond motifs is 1. The van der Waals surface area contributed by atoms with E-state index in [9.17, 15) is 9.90 Å². The Labute approximate surface area is 221 Å². The van der Waals surface area contributed by atoms with Crippen molar-refractivity contribution in [2.75, 3.05) is 0 Å². The molecule has 2 aromatic heterocycles. The molecule has 0 radical (unpaired) electrons. The van der Waals surface area contributed by atoms with Crippen LogP contribution >= 0.6 is 35.0 Å². The van der Waals surface area contributed by atoms with Gasteiger partial charge in [-0.2, -0.15) is 0 Å². The highest BCUT2D eigenvalue weighted by Crippen LogP contribution is 2.33. The number of aromatic nitrogens is 4. The van der Waals surface area contributed by atoms with Crippen LogP contribution in [0, 0.1) is 6.92 Å². The number of benzene rings is 3. The summed E-state index contributed by atoms with van der Waals surface area (Å²) in [6.07, 6.45) is 1.69. The number of nitrogens with one attached hydrogen (secondary N) is 1. The Morgan fingerprint density at radius 1 is 1.06 bits per heavy atom. The first kappa shape index (κ1) is 24.2. The molecule has 6 nitrogen and oxygen atoms in total. The van der Waals surface area contributed by atoms with Gasteiger partial charge in [0.25, 0.3) is 0 Å². The number of thioether (sulfide) groups is 1. The minimum absolute atomic E-state index is 0.111. The molecule has 3 aromatic carbocycles. The van der Waals surface area contributed by atoms with E-state index in [1.54, 1.807) is 18.2 Å². The van der Waals surface area contributed by atoms with Gasteiger partial charge in [-0.15, -0.1) is 5.10 Å². The molecule has 0 spiro atoms. The third-order valence-corrected chi connectivity index (χ3v) is 7.33. The number of H-pyrrole nitrogens is 1. The van der Waals surface area contributed by atoms with Crippen molar-refractivity contribution < 1.29 is 9.90 Å². The standard InChI is InChI=1S/C27H20Cl2N4O2S/c1-16-21(20-7-3-5-9-23(20)33(16)15-18-6-2-4-8-22(18)29)14-24(26(34)35)36-27-30-25(31-32-27)17-10-12-19(28)13-11-17/h2-14H,15H2,1H3,(H,34,35)(H,30,31,32)/b24-14-. The number of aromatic amines is 1. The van der Waals surface area contributed by atoms with Gasteiger partial charge in [-0.05, 0) is 66.7 Å². The number of carboxylic acids is 1.